The molecule has 0 bridgehead atoms. The maximum Gasteiger partial charge on any atom is 0.254 e. The molecule has 0 aliphatic carbocycles. The van der Waals surface area contributed by atoms with E-state index in [1.165, 1.54) is 30.2 Å². The molecule has 1 N–H and O–H groups in total. The van der Waals surface area contributed by atoms with E-state index in [4.69, 9.17) is 9.47 Å². The molecule has 1 atom stereocenters. The number of carbonyl (C=O) groups excluding carboxylic acids is 1. The van der Waals surface area contributed by atoms with E-state index in [1.807, 2.05) is 0 Å². The monoisotopic (exact) mass is 269 g/mol. The first-order valence-corrected chi connectivity index (χ1v) is 6.00. The zero-order valence-corrected chi connectivity index (χ0v) is 10.6. The highest BCUT2D eigenvalue weighted by Crippen LogP contribution is 2.20. The molecule has 6 heteroatoms. The molecule has 5 nitrogen and oxygen atoms in total. The topological polar surface area (TPSA) is 59.0 Å². The van der Waals surface area contributed by atoms with Gasteiger partial charge in [-0.05, 0) is 18.2 Å². The zero-order chi connectivity index (χ0) is 13.8. The minimum Gasteiger partial charge on any atom is -0.494 e. The number of carbonyl (C=O) groups is 1. The number of aliphatic hydroxyl groups excluding tert-OH is 1. The van der Waals surface area contributed by atoms with Crippen molar-refractivity contribution >= 4 is 5.91 Å². The van der Waals surface area contributed by atoms with Crippen LogP contribution in [-0.2, 0) is 4.74 Å². The van der Waals surface area contributed by atoms with Crippen LogP contribution in [0, 0.1) is 5.82 Å². The molecule has 1 aromatic carbocycles. The quantitative estimate of drug-likeness (QED) is 0.876. The van der Waals surface area contributed by atoms with Gasteiger partial charge in [-0.15, -0.1) is 0 Å². The van der Waals surface area contributed by atoms with Gasteiger partial charge < -0.3 is 19.5 Å². The molecule has 104 valence electrons. The lowest BCUT2D eigenvalue weighted by Crippen LogP contribution is -2.50. The number of halogens is 1. The maximum atomic E-state index is 13.3. The van der Waals surface area contributed by atoms with E-state index in [0.717, 1.165) is 0 Å². The fraction of sp³-hybridized carbons (Fsp3) is 0.462. The second kappa shape index (κ2) is 5.99. The van der Waals surface area contributed by atoms with E-state index in [-0.39, 0.29) is 24.3 Å². The highest BCUT2D eigenvalue weighted by atomic mass is 19.1. The molecular weight excluding hydrogens is 253 g/mol. The van der Waals surface area contributed by atoms with E-state index in [9.17, 15) is 14.3 Å². The van der Waals surface area contributed by atoms with Gasteiger partial charge in [0.05, 0.1) is 33.0 Å². The molecule has 1 aromatic rings. The van der Waals surface area contributed by atoms with Crippen LogP contribution in [0.5, 0.6) is 5.75 Å². The van der Waals surface area contributed by atoms with Gasteiger partial charge in [0.2, 0.25) is 0 Å². The number of hydrogen-bond acceptors (Lipinski definition) is 4. The molecular formula is C13H16FNO4. The van der Waals surface area contributed by atoms with E-state index >= 15 is 0 Å². The van der Waals surface area contributed by atoms with Gasteiger partial charge in [-0.3, -0.25) is 4.79 Å². The fourth-order valence-electron chi connectivity index (χ4n) is 2.03. The van der Waals surface area contributed by atoms with Crippen LogP contribution in [0.4, 0.5) is 4.39 Å². The summed E-state index contributed by atoms with van der Waals surface area (Å²) in [7, 11) is 1.35. The second-order valence-corrected chi connectivity index (χ2v) is 4.26. The van der Waals surface area contributed by atoms with Crippen molar-refractivity contribution in [1.82, 2.24) is 4.90 Å². The van der Waals surface area contributed by atoms with Crippen LogP contribution in [0.1, 0.15) is 10.4 Å². The molecule has 1 saturated heterocycles. The minimum absolute atomic E-state index is 0.0275. The standard InChI is InChI=1S/C13H16FNO4/c1-18-12-6-9(2-3-11(12)14)13(17)15-4-5-19-8-10(15)7-16/h2-3,6,10,16H,4-5,7-8H2,1H3/t10-/m0/s1. The normalized spacial score (nSPS) is 19.3. The summed E-state index contributed by atoms with van der Waals surface area (Å²) in [5.74, 6) is -0.750. The highest BCUT2D eigenvalue weighted by molar-refractivity contribution is 5.95. The average molecular weight is 269 g/mol. The summed E-state index contributed by atoms with van der Waals surface area (Å²) >= 11 is 0. The Morgan fingerprint density at radius 2 is 2.42 bits per heavy atom. The third-order valence-electron chi connectivity index (χ3n) is 3.10. The number of benzene rings is 1. The number of ether oxygens (including phenoxy) is 2. The molecule has 19 heavy (non-hydrogen) atoms. The maximum absolute atomic E-state index is 13.3. The van der Waals surface area contributed by atoms with E-state index in [2.05, 4.69) is 0 Å². The zero-order valence-electron chi connectivity index (χ0n) is 10.6. The number of aliphatic hydroxyl groups is 1. The molecule has 1 heterocycles. The van der Waals surface area contributed by atoms with Gasteiger partial charge in [0.15, 0.2) is 11.6 Å². The number of nitrogens with zero attached hydrogens (tertiary/aromatic N) is 1. The number of amides is 1. The first-order valence-electron chi connectivity index (χ1n) is 6.00. The Morgan fingerprint density at radius 3 is 3.11 bits per heavy atom. The van der Waals surface area contributed by atoms with Crippen molar-refractivity contribution in [3.8, 4) is 5.75 Å². The molecule has 0 aromatic heterocycles. The predicted molar refractivity (Wildman–Crippen MR) is 65.7 cm³/mol. The number of hydrogen-bond donors (Lipinski definition) is 1. The Morgan fingerprint density at radius 1 is 1.63 bits per heavy atom. The van der Waals surface area contributed by atoms with Crippen molar-refractivity contribution in [1.29, 1.82) is 0 Å². The Balaban J connectivity index is 2.22. The molecule has 0 unspecified atom stereocenters. The summed E-state index contributed by atoms with van der Waals surface area (Å²) in [6.07, 6.45) is 0. The highest BCUT2D eigenvalue weighted by Gasteiger charge is 2.27. The lowest BCUT2D eigenvalue weighted by atomic mass is 10.1. The summed E-state index contributed by atoms with van der Waals surface area (Å²) in [5, 5.41) is 9.24. The van der Waals surface area contributed by atoms with Crippen LogP contribution >= 0.6 is 0 Å². The molecule has 1 aliphatic rings. The Hall–Kier alpha value is -1.66. The van der Waals surface area contributed by atoms with Gasteiger partial charge in [0.1, 0.15) is 0 Å². The van der Waals surface area contributed by atoms with Crippen LogP contribution in [0.2, 0.25) is 0 Å². The fourth-order valence-corrected chi connectivity index (χ4v) is 2.03. The van der Waals surface area contributed by atoms with Crippen LogP contribution in [0.3, 0.4) is 0 Å². The SMILES string of the molecule is COc1cc(C(=O)N2CCOC[C@@H]2CO)ccc1F. The molecule has 1 fully saturated rings. The summed E-state index contributed by atoms with van der Waals surface area (Å²) in [5.41, 5.74) is 0.332. The number of rotatable bonds is 3. The Bertz CT molecular complexity index is 466. The summed E-state index contributed by atoms with van der Waals surface area (Å²) in [4.78, 5) is 13.9. The third kappa shape index (κ3) is 2.85. The van der Waals surface area contributed by atoms with Gasteiger partial charge in [0.25, 0.3) is 5.91 Å². The van der Waals surface area contributed by atoms with Crippen LogP contribution in [-0.4, -0.2) is 55.4 Å². The first kappa shape index (κ1) is 13.8. The average Bonchev–Trinajstić information content (AvgIpc) is 2.47. The van der Waals surface area contributed by atoms with Gasteiger partial charge in [-0.1, -0.05) is 0 Å². The van der Waals surface area contributed by atoms with Crippen molar-refractivity contribution in [2.24, 2.45) is 0 Å². The van der Waals surface area contributed by atoms with Crippen molar-refractivity contribution in [3.63, 3.8) is 0 Å². The van der Waals surface area contributed by atoms with Crippen LogP contribution in [0.25, 0.3) is 0 Å². The minimum atomic E-state index is -0.514. The number of methoxy groups -OCH3 is 1. The van der Waals surface area contributed by atoms with E-state index in [0.29, 0.717) is 25.3 Å². The third-order valence-corrected chi connectivity index (χ3v) is 3.10. The second-order valence-electron chi connectivity index (χ2n) is 4.26. The summed E-state index contributed by atoms with van der Waals surface area (Å²) in [6, 6.07) is 3.60. The predicted octanol–water partition coefficient (Wildman–Crippen LogP) is 0.668. The largest absolute Gasteiger partial charge is 0.494 e. The molecule has 0 radical (unpaired) electrons. The molecule has 2 rings (SSSR count). The van der Waals surface area contributed by atoms with Gasteiger partial charge in [-0.2, -0.15) is 0 Å². The van der Waals surface area contributed by atoms with Crippen molar-refractivity contribution in [2.75, 3.05) is 33.5 Å². The number of morpholine rings is 1. The van der Waals surface area contributed by atoms with Crippen molar-refractivity contribution in [2.45, 2.75) is 6.04 Å². The molecule has 0 spiro atoms. The van der Waals surface area contributed by atoms with E-state index in [1.54, 1.807) is 0 Å². The summed E-state index contributed by atoms with van der Waals surface area (Å²) < 4.78 is 23.4. The van der Waals surface area contributed by atoms with Gasteiger partial charge in [-0.25, -0.2) is 4.39 Å². The van der Waals surface area contributed by atoms with Crippen LogP contribution < -0.4 is 4.74 Å². The molecule has 0 saturated carbocycles. The van der Waals surface area contributed by atoms with Gasteiger partial charge >= 0.3 is 0 Å². The Kier molecular flexibility index (Phi) is 4.34. The lowest BCUT2D eigenvalue weighted by molar-refractivity contribution is -0.0184. The van der Waals surface area contributed by atoms with Crippen LogP contribution in [0.15, 0.2) is 18.2 Å². The molecule has 1 aliphatic heterocycles. The smallest absolute Gasteiger partial charge is 0.254 e. The van der Waals surface area contributed by atoms with Crippen molar-refractivity contribution < 1.29 is 23.8 Å². The molecule has 1 amide bonds. The summed E-state index contributed by atoms with van der Waals surface area (Å²) in [6.45, 7) is 0.981. The Labute approximate surface area is 110 Å². The van der Waals surface area contributed by atoms with Crippen molar-refractivity contribution in [3.05, 3.63) is 29.6 Å². The first-order chi connectivity index (χ1) is 9.17. The lowest BCUT2D eigenvalue weighted by Gasteiger charge is -2.34. The van der Waals surface area contributed by atoms with E-state index < -0.39 is 5.82 Å². The van der Waals surface area contributed by atoms with Gasteiger partial charge in [0, 0.05) is 12.1 Å².